The lowest BCUT2D eigenvalue weighted by atomic mass is 10.2. The fraction of sp³-hybridized carbons (Fsp3) is 0.538. The SMILES string of the molecule is CC1CS(=O)(=O)CCN1S(=O)(=O)c1ccc(CCN)cc1. The number of hydrogen-bond donors (Lipinski definition) is 1. The Morgan fingerprint density at radius 3 is 2.43 bits per heavy atom. The fourth-order valence-electron chi connectivity index (χ4n) is 2.47. The molecule has 118 valence electrons. The first-order valence-corrected chi connectivity index (χ1v) is 10.0. The van der Waals surface area contributed by atoms with E-state index in [1.807, 2.05) is 0 Å². The van der Waals surface area contributed by atoms with E-state index in [0.29, 0.717) is 13.0 Å². The molecule has 21 heavy (non-hydrogen) atoms. The summed E-state index contributed by atoms with van der Waals surface area (Å²) in [5.74, 6) is -0.251. The molecule has 1 aliphatic heterocycles. The quantitative estimate of drug-likeness (QED) is 0.837. The molecule has 0 bridgehead atoms. The first kappa shape index (κ1) is 16.4. The van der Waals surface area contributed by atoms with Crippen molar-refractivity contribution in [2.45, 2.75) is 24.3 Å². The van der Waals surface area contributed by atoms with Gasteiger partial charge in [-0.25, -0.2) is 16.8 Å². The van der Waals surface area contributed by atoms with E-state index >= 15 is 0 Å². The molecule has 1 unspecified atom stereocenters. The van der Waals surface area contributed by atoms with Crippen LogP contribution >= 0.6 is 0 Å². The molecule has 2 N–H and O–H groups in total. The van der Waals surface area contributed by atoms with Crippen molar-refractivity contribution in [2.75, 3.05) is 24.6 Å². The molecular weight excluding hydrogens is 312 g/mol. The number of nitrogens with zero attached hydrogens (tertiary/aromatic N) is 1. The second kappa shape index (κ2) is 6.04. The minimum absolute atomic E-state index is 0.0103. The van der Waals surface area contributed by atoms with Gasteiger partial charge >= 0.3 is 0 Å². The minimum atomic E-state index is -3.66. The minimum Gasteiger partial charge on any atom is -0.330 e. The first-order valence-electron chi connectivity index (χ1n) is 6.77. The van der Waals surface area contributed by atoms with Crippen molar-refractivity contribution < 1.29 is 16.8 Å². The van der Waals surface area contributed by atoms with E-state index in [2.05, 4.69) is 0 Å². The number of nitrogens with two attached hydrogens (primary N) is 1. The third-order valence-corrected chi connectivity index (χ3v) is 7.40. The molecule has 2 rings (SSSR count). The Morgan fingerprint density at radius 2 is 1.90 bits per heavy atom. The summed E-state index contributed by atoms with van der Waals surface area (Å²) in [5.41, 5.74) is 6.44. The Balaban J connectivity index is 2.25. The zero-order valence-electron chi connectivity index (χ0n) is 11.9. The van der Waals surface area contributed by atoms with E-state index in [4.69, 9.17) is 5.73 Å². The van der Waals surface area contributed by atoms with E-state index in [-0.39, 0.29) is 22.9 Å². The summed E-state index contributed by atoms with van der Waals surface area (Å²) >= 11 is 0. The van der Waals surface area contributed by atoms with Gasteiger partial charge in [0.15, 0.2) is 9.84 Å². The van der Waals surface area contributed by atoms with Gasteiger partial charge in [-0.1, -0.05) is 12.1 Å². The highest BCUT2D eigenvalue weighted by molar-refractivity contribution is 7.92. The molecule has 1 aromatic carbocycles. The maximum Gasteiger partial charge on any atom is 0.243 e. The topological polar surface area (TPSA) is 97.5 Å². The lowest BCUT2D eigenvalue weighted by Gasteiger charge is -2.32. The van der Waals surface area contributed by atoms with E-state index in [1.165, 1.54) is 4.31 Å². The van der Waals surface area contributed by atoms with Gasteiger partial charge in [0.25, 0.3) is 0 Å². The zero-order chi connectivity index (χ0) is 15.7. The van der Waals surface area contributed by atoms with Crippen LogP contribution in [0, 0.1) is 0 Å². The molecule has 1 saturated heterocycles. The molecule has 1 aromatic rings. The monoisotopic (exact) mass is 332 g/mol. The van der Waals surface area contributed by atoms with Gasteiger partial charge < -0.3 is 5.73 Å². The maximum atomic E-state index is 12.6. The molecule has 6 nitrogen and oxygen atoms in total. The summed E-state index contributed by atoms with van der Waals surface area (Å²) < 4.78 is 49.5. The van der Waals surface area contributed by atoms with Gasteiger partial charge in [0.2, 0.25) is 10.0 Å². The third kappa shape index (κ3) is 3.63. The summed E-state index contributed by atoms with van der Waals surface area (Å²) in [6, 6.07) is 6.04. The predicted molar refractivity (Wildman–Crippen MR) is 81.2 cm³/mol. The molecule has 0 radical (unpaired) electrons. The largest absolute Gasteiger partial charge is 0.330 e. The van der Waals surface area contributed by atoms with Crippen LogP contribution in [-0.2, 0) is 26.3 Å². The van der Waals surface area contributed by atoms with E-state index in [9.17, 15) is 16.8 Å². The van der Waals surface area contributed by atoms with Crippen molar-refractivity contribution in [1.29, 1.82) is 0 Å². The van der Waals surface area contributed by atoms with Crippen molar-refractivity contribution in [3.05, 3.63) is 29.8 Å². The molecule has 0 aliphatic carbocycles. The number of sulfonamides is 1. The molecule has 0 saturated carbocycles. The first-order chi connectivity index (χ1) is 9.76. The fourth-order valence-corrected chi connectivity index (χ4v) is 5.87. The molecule has 0 amide bonds. The predicted octanol–water partition coefficient (Wildman–Crippen LogP) is -0.00460. The lowest BCUT2D eigenvalue weighted by molar-refractivity contribution is 0.357. The van der Waals surface area contributed by atoms with Crippen LogP contribution in [0.5, 0.6) is 0 Å². The smallest absolute Gasteiger partial charge is 0.243 e. The van der Waals surface area contributed by atoms with Crippen molar-refractivity contribution in [2.24, 2.45) is 5.73 Å². The van der Waals surface area contributed by atoms with Crippen LogP contribution in [-0.4, -0.2) is 51.8 Å². The Hall–Kier alpha value is -0.960. The molecule has 1 fully saturated rings. The standard InChI is InChI=1S/C13H20N2O4S2/c1-11-10-20(16,17)9-8-15(11)21(18,19)13-4-2-12(3-5-13)6-7-14/h2-5,11H,6-10,14H2,1H3. The summed E-state index contributed by atoms with van der Waals surface area (Å²) in [7, 11) is -6.80. The van der Waals surface area contributed by atoms with E-state index < -0.39 is 25.9 Å². The van der Waals surface area contributed by atoms with E-state index in [1.54, 1.807) is 31.2 Å². The van der Waals surface area contributed by atoms with Crippen LogP contribution in [0.25, 0.3) is 0 Å². The van der Waals surface area contributed by atoms with Crippen molar-refractivity contribution >= 4 is 19.9 Å². The summed E-state index contributed by atoms with van der Waals surface area (Å²) in [5, 5.41) is 0. The molecule has 0 spiro atoms. The van der Waals surface area contributed by atoms with E-state index in [0.717, 1.165) is 5.56 Å². The molecule has 1 atom stereocenters. The molecule has 0 aromatic heterocycles. The van der Waals surface area contributed by atoms with Crippen molar-refractivity contribution in [3.8, 4) is 0 Å². The van der Waals surface area contributed by atoms with Crippen LogP contribution in [0.3, 0.4) is 0 Å². The molecule has 1 heterocycles. The summed E-state index contributed by atoms with van der Waals surface area (Å²) in [6.45, 7) is 2.14. The van der Waals surface area contributed by atoms with Gasteiger partial charge in [0.1, 0.15) is 0 Å². The number of rotatable bonds is 4. The highest BCUT2D eigenvalue weighted by Crippen LogP contribution is 2.22. The third-order valence-electron chi connectivity index (χ3n) is 3.57. The van der Waals surface area contributed by atoms with Gasteiger partial charge in [-0.2, -0.15) is 4.31 Å². The van der Waals surface area contributed by atoms with Gasteiger partial charge in [0.05, 0.1) is 16.4 Å². The van der Waals surface area contributed by atoms with Crippen LogP contribution < -0.4 is 5.73 Å². The van der Waals surface area contributed by atoms with Crippen LogP contribution in [0.15, 0.2) is 29.2 Å². The Morgan fingerprint density at radius 1 is 1.29 bits per heavy atom. The van der Waals surface area contributed by atoms with Crippen molar-refractivity contribution in [3.63, 3.8) is 0 Å². The number of benzene rings is 1. The van der Waals surface area contributed by atoms with Crippen molar-refractivity contribution in [1.82, 2.24) is 4.31 Å². The average Bonchev–Trinajstić information content (AvgIpc) is 2.38. The molecule has 1 aliphatic rings. The summed E-state index contributed by atoms with van der Waals surface area (Å²) in [4.78, 5) is 0.189. The van der Waals surface area contributed by atoms with Crippen LogP contribution in [0.1, 0.15) is 12.5 Å². The van der Waals surface area contributed by atoms with Gasteiger partial charge in [-0.05, 0) is 37.6 Å². The molecular formula is C13H20N2O4S2. The van der Waals surface area contributed by atoms with Gasteiger partial charge in [-0.3, -0.25) is 0 Å². The Labute approximate surface area is 125 Å². The maximum absolute atomic E-state index is 12.6. The normalized spacial score (nSPS) is 23.0. The average molecular weight is 332 g/mol. The van der Waals surface area contributed by atoms with Gasteiger partial charge in [0, 0.05) is 12.6 Å². The summed E-state index contributed by atoms with van der Waals surface area (Å²) in [6.07, 6.45) is 0.693. The zero-order valence-corrected chi connectivity index (χ0v) is 13.5. The molecule has 8 heteroatoms. The highest BCUT2D eigenvalue weighted by Gasteiger charge is 2.36. The van der Waals surface area contributed by atoms with Gasteiger partial charge in [-0.15, -0.1) is 0 Å². The van der Waals surface area contributed by atoms with Crippen LogP contribution in [0.4, 0.5) is 0 Å². The lowest BCUT2D eigenvalue weighted by Crippen LogP contribution is -2.49. The Bertz CT molecular complexity index is 696. The second-order valence-corrected chi connectivity index (χ2v) is 9.38. The van der Waals surface area contributed by atoms with Crippen LogP contribution in [0.2, 0.25) is 0 Å². The number of sulfone groups is 1. The Kier molecular flexibility index (Phi) is 4.72. The second-order valence-electron chi connectivity index (χ2n) is 5.26. The number of hydrogen-bond acceptors (Lipinski definition) is 5. The highest BCUT2D eigenvalue weighted by atomic mass is 32.2.